The highest BCUT2D eigenvalue weighted by atomic mass is 16.1. The van der Waals surface area contributed by atoms with Gasteiger partial charge in [-0.1, -0.05) is 23.8 Å². The molecule has 0 spiro atoms. The molecule has 0 aliphatic rings. The van der Waals surface area contributed by atoms with Crippen molar-refractivity contribution in [1.82, 2.24) is 4.98 Å². The molecular weight excluding hydrogens is 212 g/mol. The first-order chi connectivity index (χ1) is 8.08. The van der Waals surface area contributed by atoms with Gasteiger partial charge in [-0.25, -0.2) is 0 Å². The molecule has 2 aromatic rings. The monoisotopic (exact) mass is 226 g/mol. The van der Waals surface area contributed by atoms with E-state index in [2.05, 4.69) is 11.1 Å². The predicted octanol–water partition coefficient (Wildman–Crippen LogP) is 2.46. The highest BCUT2D eigenvalue weighted by molar-refractivity contribution is 5.93. The fourth-order valence-corrected chi connectivity index (χ4v) is 1.83. The van der Waals surface area contributed by atoms with Gasteiger partial charge in [-0.15, -0.1) is 0 Å². The van der Waals surface area contributed by atoms with Crippen LogP contribution in [0.1, 0.15) is 21.5 Å². The fraction of sp³-hybridized carbons (Fsp3) is 0.143. The van der Waals surface area contributed by atoms with Gasteiger partial charge in [-0.2, -0.15) is 0 Å². The van der Waals surface area contributed by atoms with Gasteiger partial charge in [0.25, 0.3) is 0 Å². The lowest BCUT2D eigenvalue weighted by Crippen LogP contribution is -2.11. The van der Waals surface area contributed by atoms with E-state index >= 15 is 0 Å². The molecule has 0 aliphatic carbocycles. The van der Waals surface area contributed by atoms with Crippen LogP contribution in [0.25, 0.3) is 11.3 Å². The Kier molecular flexibility index (Phi) is 2.91. The van der Waals surface area contributed by atoms with E-state index in [4.69, 9.17) is 5.73 Å². The molecule has 2 rings (SSSR count). The highest BCUT2D eigenvalue weighted by Gasteiger charge is 2.06. The van der Waals surface area contributed by atoms with E-state index < -0.39 is 5.91 Å². The topological polar surface area (TPSA) is 56.0 Å². The van der Waals surface area contributed by atoms with Crippen LogP contribution in [0, 0.1) is 13.8 Å². The Bertz CT molecular complexity index is 576. The summed E-state index contributed by atoms with van der Waals surface area (Å²) in [5, 5.41) is 0. The van der Waals surface area contributed by atoms with Crippen LogP contribution in [0.2, 0.25) is 0 Å². The van der Waals surface area contributed by atoms with Gasteiger partial charge >= 0.3 is 0 Å². The summed E-state index contributed by atoms with van der Waals surface area (Å²) in [6.45, 7) is 4.07. The SMILES string of the molecule is Cc1ccc(-c2cc(C(N)=O)ccn2)c(C)c1. The summed E-state index contributed by atoms with van der Waals surface area (Å²) >= 11 is 0. The second-order valence-corrected chi connectivity index (χ2v) is 4.11. The number of hydrogen-bond donors (Lipinski definition) is 1. The molecule has 0 atom stereocenters. The third-order valence-electron chi connectivity index (χ3n) is 2.70. The molecule has 86 valence electrons. The number of carbonyl (C=O) groups is 1. The van der Waals surface area contributed by atoms with Crippen molar-refractivity contribution in [3.63, 3.8) is 0 Å². The van der Waals surface area contributed by atoms with Gasteiger partial charge < -0.3 is 5.73 Å². The molecule has 0 aliphatic heterocycles. The molecule has 0 fully saturated rings. The molecule has 3 heteroatoms. The molecule has 17 heavy (non-hydrogen) atoms. The van der Waals surface area contributed by atoms with E-state index in [1.54, 1.807) is 18.3 Å². The van der Waals surface area contributed by atoms with Crippen molar-refractivity contribution in [3.05, 3.63) is 53.2 Å². The van der Waals surface area contributed by atoms with Gasteiger partial charge in [0.1, 0.15) is 0 Å². The number of amides is 1. The number of carbonyl (C=O) groups excluding carboxylic acids is 1. The highest BCUT2D eigenvalue weighted by Crippen LogP contribution is 2.22. The van der Waals surface area contributed by atoms with E-state index in [1.165, 1.54) is 5.56 Å². The van der Waals surface area contributed by atoms with Crippen LogP contribution in [-0.2, 0) is 0 Å². The van der Waals surface area contributed by atoms with E-state index in [0.717, 1.165) is 16.8 Å². The zero-order valence-electron chi connectivity index (χ0n) is 9.90. The molecule has 0 saturated heterocycles. The number of primary amides is 1. The van der Waals surface area contributed by atoms with Crippen LogP contribution in [0.3, 0.4) is 0 Å². The first-order valence-corrected chi connectivity index (χ1v) is 5.41. The van der Waals surface area contributed by atoms with Crippen LogP contribution in [-0.4, -0.2) is 10.9 Å². The van der Waals surface area contributed by atoms with Gasteiger partial charge in [0, 0.05) is 17.3 Å². The molecule has 0 radical (unpaired) electrons. The molecule has 1 aromatic carbocycles. The van der Waals surface area contributed by atoms with Gasteiger partial charge in [0.15, 0.2) is 0 Å². The van der Waals surface area contributed by atoms with Crippen LogP contribution in [0.15, 0.2) is 36.5 Å². The minimum Gasteiger partial charge on any atom is -0.366 e. The molecule has 2 N–H and O–H groups in total. The maximum Gasteiger partial charge on any atom is 0.248 e. The standard InChI is InChI=1S/C14H14N2O/c1-9-3-4-12(10(2)7-9)13-8-11(14(15)17)5-6-16-13/h3-8H,1-2H3,(H2,15,17). The van der Waals surface area contributed by atoms with Crippen molar-refractivity contribution in [2.45, 2.75) is 13.8 Å². The average molecular weight is 226 g/mol. The van der Waals surface area contributed by atoms with E-state index in [-0.39, 0.29) is 0 Å². The zero-order chi connectivity index (χ0) is 12.4. The number of hydrogen-bond acceptors (Lipinski definition) is 2. The van der Waals surface area contributed by atoms with E-state index in [1.807, 2.05) is 26.0 Å². The summed E-state index contributed by atoms with van der Waals surface area (Å²) < 4.78 is 0. The quantitative estimate of drug-likeness (QED) is 0.855. The van der Waals surface area contributed by atoms with Crippen molar-refractivity contribution in [2.24, 2.45) is 5.73 Å². The van der Waals surface area contributed by atoms with Crippen molar-refractivity contribution in [1.29, 1.82) is 0 Å². The second kappa shape index (κ2) is 4.37. The second-order valence-electron chi connectivity index (χ2n) is 4.11. The van der Waals surface area contributed by atoms with Crippen molar-refractivity contribution >= 4 is 5.91 Å². The smallest absolute Gasteiger partial charge is 0.248 e. The summed E-state index contributed by atoms with van der Waals surface area (Å²) in [5.41, 5.74) is 9.88. The first-order valence-electron chi connectivity index (χ1n) is 5.41. The molecular formula is C14H14N2O. The molecule has 1 amide bonds. The summed E-state index contributed by atoms with van der Waals surface area (Å²) in [6, 6.07) is 9.47. The fourth-order valence-electron chi connectivity index (χ4n) is 1.83. The average Bonchev–Trinajstić information content (AvgIpc) is 2.29. The van der Waals surface area contributed by atoms with E-state index in [9.17, 15) is 4.79 Å². The number of rotatable bonds is 2. The van der Waals surface area contributed by atoms with Crippen LogP contribution in [0.4, 0.5) is 0 Å². The first kappa shape index (κ1) is 11.3. The number of benzene rings is 1. The van der Waals surface area contributed by atoms with Crippen LogP contribution >= 0.6 is 0 Å². The lowest BCUT2D eigenvalue weighted by Gasteiger charge is -2.07. The lowest BCUT2D eigenvalue weighted by atomic mass is 10.0. The lowest BCUT2D eigenvalue weighted by molar-refractivity contribution is 0.1000. The Morgan fingerprint density at radius 1 is 1.18 bits per heavy atom. The Labute approximate surface area is 100 Å². The van der Waals surface area contributed by atoms with Gasteiger partial charge in [-0.05, 0) is 31.5 Å². The van der Waals surface area contributed by atoms with Gasteiger partial charge in [-0.3, -0.25) is 9.78 Å². The largest absolute Gasteiger partial charge is 0.366 e. The van der Waals surface area contributed by atoms with E-state index in [0.29, 0.717) is 5.56 Å². The summed E-state index contributed by atoms with van der Waals surface area (Å²) in [5.74, 6) is -0.432. The molecule has 0 saturated carbocycles. The maximum atomic E-state index is 11.1. The predicted molar refractivity (Wildman–Crippen MR) is 67.7 cm³/mol. The normalized spacial score (nSPS) is 10.2. The molecule has 3 nitrogen and oxygen atoms in total. The number of pyridine rings is 1. The van der Waals surface area contributed by atoms with Crippen molar-refractivity contribution < 1.29 is 4.79 Å². The molecule has 1 aromatic heterocycles. The van der Waals surface area contributed by atoms with Crippen LogP contribution in [0.5, 0.6) is 0 Å². The Hall–Kier alpha value is -2.16. The molecule has 0 unspecified atom stereocenters. The minimum absolute atomic E-state index is 0.432. The third kappa shape index (κ3) is 2.33. The van der Waals surface area contributed by atoms with Gasteiger partial charge in [0.05, 0.1) is 5.69 Å². The van der Waals surface area contributed by atoms with Gasteiger partial charge in [0.2, 0.25) is 5.91 Å². The van der Waals surface area contributed by atoms with Crippen molar-refractivity contribution in [2.75, 3.05) is 0 Å². The number of nitrogens with zero attached hydrogens (tertiary/aromatic N) is 1. The van der Waals surface area contributed by atoms with Crippen molar-refractivity contribution in [3.8, 4) is 11.3 Å². The minimum atomic E-state index is -0.432. The number of aromatic nitrogens is 1. The summed E-state index contributed by atoms with van der Waals surface area (Å²) in [7, 11) is 0. The zero-order valence-corrected chi connectivity index (χ0v) is 9.90. The third-order valence-corrected chi connectivity index (χ3v) is 2.70. The molecule has 0 bridgehead atoms. The summed E-state index contributed by atoms with van der Waals surface area (Å²) in [4.78, 5) is 15.4. The summed E-state index contributed by atoms with van der Waals surface area (Å²) in [6.07, 6.45) is 1.61. The molecule has 1 heterocycles. The Morgan fingerprint density at radius 2 is 1.94 bits per heavy atom. The Balaban J connectivity index is 2.53. The maximum absolute atomic E-state index is 11.1. The Morgan fingerprint density at radius 3 is 2.59 bits per heavy atom. The number of aryl methyl sites for hydroxylation is 2. The number of nitrogens with two attached hydrogens (primary N) is 1. The van der Waals surface area contributed by atoms with Crippen LogP contribution < -0.4 is 5.73 Å².